The molecule has 1 saturated carbocycles. The number of amides is 1. The lowest BCUT2D eigenvalue weighted by molar-refractivity contribution is -0.124. The van der Waals surface area contributed by atoms with Gasteiger partial charge in [0.15, 0.2) is 0 Å². The maximum Gasteiger partial charge on any atom is 0.220 e. The zero-order valence-corrected chi connectivity index (χ0v) is 11.9. The Morgan fingerprint density at radius 2 is 1.89 bits per heavy atom. The maximum atomic E-state index is 12.1. The molecular formula is C15H28N2O2. The SMILES string of the molecule is O=C(CCC1CCNCC1)NC1(CO)CCCCC1. The first-order chi connectivity index (χ1) is 9.24. The van der Waals surface area contributed by atoms with Crippen molar-refractivity contribution in [3.63, 3.8) is 0 Å². The van der Waals surface area contributed by atoms with Crippen LogP contribution in [0.5, 0.6) is 0 Å². The van der Waals surface area contributed by atoms with E-state index in [4.69, 9.17) is 0 Å². The average molecular weight is 268 g/mol. The molecule has 4 nitrogen and oxygen atoms in total. The fraction of sp³-hybridized carbons (Fsp3) is 0.933. The van der Waals surface area contributed by atoms with Gasteiger partial charge >= 0.3 is 0 Å². The first kappa shape index (κ1) is 14.8. The van der Waals surface area contributed by atoms with E-state index >= 15 is 0 Å². The van der Waals surface area contributed by atoms with E-state index < -0.39 is 0 Å². The third kappa shape index (κ3) is 4.46. The number of piperidine rings is 1. The Morgan fingerprint density at radius 3 is 2.53 bits per heavy atom. The summed E-state index contributed by atoms with van der Waals surface area (Å²) in [4.78, 5) is 12.1. The predicted molar refractivity (Wildman–Crippen MR) is 75.9 cm³/mol. The van der Waals surface area contributed by atoms with E-state index in [2.05, 4.69) is 10.6 Å². The molecule has 0 aromatic rings. The number of nitrogens with one attached hydrogen (secondary N) is 2. The van der Waals surface area contributed by atoms with Crippen molar-refractivity contribution in [2.75, 3.05) is 19.7 Å². The van der Waals surface area contributed by atoms with Crippen LogP contribution >= 0.6 is 0 Å². The van der Waals surface area contributed by atoms with Gasteiger partial charge in [0.05, 0.1) is 12.1 Å². The zero-order valence-electron chi connectivity index (χ0n) is 11.9. The van der Waals surface area contributed by atoms with Crippen molar-refractivity contribution in [2.45, 2.75) is 63.3 Å². The van der Waals surface area contributed by atoms with Gasteiger partial charge in [-0.3, -0.25) is 4.79 Å². The van der Waals surface area contributed by atoms with Crippen LogP contribution in [-0.4, -0.2) is 36.2 Å². The largest absolute Gasteiger partial charge is 0.394 e. The first-order valence-corrected chi connectivity index (χ1v) is 7.87. The second-order valence-corrected chi connectivity index (χ2v) is 6.28. The highest BCUT2D eigenvalue weighted by molar-refractivity contribution is 5.76. The molecule has 2 fully saturated rings. The van der Waals surface area contributed by atoms with Gasteiger partial charge in [-0.15, -0.1) is 0 Å². The van der Waals surface area contributed by atoms with Crippen LogP contribution in [0.25, 0.3) is 0 Å². The summed E-state index contributed by atoms with van der Waals surface area (Å²) in [5, 5.41) is 16.1. The molecule has 0 atom stereocenters. The van der Waals surface area contributed by atoms with Crippen LogP contribution in [-0.2, 0) is 4.79 Å². The van der Waals surface area contributed by atoms with Crippen molar-refractivity contribution in [1.29, 1.82) is 0 Å². The molecule has 19 heavy (non-hydrogen) atoms. The molecule has 1 heterocycles. The Labute approximate surface area is 116 Å². The molecule has 0 aromatic heterocycles. The van der Waals surface area contributed by atoms with E-state index in [1.807, 2.05) is 0 Å². The van der Waals surface area contributed by atoms with Crippen LogP contribution in [0.4, 0.5) is 0 Å². The molecule has 0 aromatic carbocycles. The van der Waals surface area contributed by atoms with Gasteiger partial charge in [-0.1, -0.05) is 19.3 Å². The molecule has 3 N–H and O–H groups in total. The smallest absolute Gasteiger partial charge is 0.220 e. The van der Waals surface area contributed by atoms with E-state index in [0.717, 1.165) is 45.2 Å². The highest BCUT2D eigenvalue weighted by atomic mass is 16.3. The lowest BCUT2D eigenvalue weighted by atomic mass is 9.82. The number of hydrogen-bond acceptors (Lipinski definition) is 3. The summed E-state index contributed by atoms with van der Waals surface area (Å²) >= 11 is 0. The first-order valence-electron chi connectivity index (χ1n) is 7.87. The summed E-state index contributed by atoms with van der Waals surface area (Å²) in [5.74, 6) is 0.831. The number of aliphatic hydroxyl groups excluding tert-OH is 1. The van der Waals surface area contributed by atoms with Gasteiger partial charge in [-0.2, -0.15) is 0 Å². The van der Waals surface area contributed by atoms with Crippen molar-refractivity contribution in [3.05, 3.63) is 0 Å². The van der Waals surface area contributed by atoms with Gasteiger partial charge in [-0.25, -0.2) is 0 Å². The van der Waals surface area contributed by atoms with Crippen LogP contribution in [0.1, 0.15) is 57.8 Å². The fourth-order valence-electron chi connectivity index (χ4n) is 3.42. The highest BCUT2D eigenvalue weighted by Gasteiger charge is 2.32. The molecule has 110 valence electrons. The molecule has 4 heteroatoms. The van der Waals surface area contributed by atoms with Crippen LogP contribution in [0.3, 0.4) is 0 Å². The minimum Gasteiger partial charge on any atom is -0.394 e. The summed E-state index contributed by atoms with van der Waals surface area (Å²) < 4.78 is 0. The maximum absolute atomic E-state index is 12.1. The zero-order chi connectivity index (χ0) is 13.6. The van der Waals surface area contributed by atoms with Crippen molar-refractivity contribution in [3.8, 4) is 0 Å². The summed E-state index contributed by atoms with van der Waals surface area (Å²) in [6.07, 6.45) is 9.33. The van der Waals surface area contributed by atoms with E-state index in [1.165, 1.54) is 19.3 Å². The van der Waals surface area contributed by atoms with E-state index in [1.54, 1.807) is 0 Å². The van der Waals surface area contributed by atoms with Gasteiger partial charge < -0.3 is 15.7 Å². The second-order valence-electron chi connectivity index (χ2n) is 6.28. The summed E-state index contributed by atoms with van der Waals surface area (Å²) in [6.45, 7) is 2.27. The number of aliphatic hydroxyl groups is 1. The summed E-state index contributed by atoms with van der Waals surface area (Å²) in [5.41, 5.74) is -0.316. The third-order valence-corrected chi connectivity index (χ3v) is 4.76. The quantitative estimate of drug-likeness (QED) is 0.709. The molecule has 1 aliphatic heterocycles. The lowest BCUT2D eigenvalue weighted by Gasteiger charge is -2.36. The van der Waals surface area contributed by atoms with Gasteiger partial charge in [0.2, 0.25) is 5.91 Å². The molecule has 0 radical (unpaired) electrons. The van der Waals surface area contributed by atoms with Crippen molar-refractivity contribution >= 4 is 5.91 Å². The Balaban J connectivity index is 1.72. The molecular weight excluding hydrogens is 240 g/mol. The topological polar surface area (TPSA) is 61.4 Å². The van der Waals surface area contributed by atoms with E-state index in [0.29, 0.717) is 12.3 Å². The standard InChI is InChI=1S/C15H28N2O2/c18-12-15(8-2-1-3-9-15)17-14(19)5-4-13-6-10-16-11-7-13/h13,16,18H,1-12H2,(H,17,19). The molecule has 0 unspecified atom stereocenters. The third-order valence-electron chi connectivity index (χ3n) is 4.76. The second kappa shape index (κ2) is 7.25. The number of carbonyl (C=O) groups excluding carboxylic acids is 1. The Morgan fingerprint density at radius 1 is 1.21 bits per heavy atom. The van der Waals surface area contributed by atoms with Gasteiger partial charge in [-0.05, 0) is 51.1 Å². The average Bonchev–Trinajstić information content (AvgIpc) is 2.47. The van der Waals surface area contributed by atoms with Crippen molar-refractivity contribution < 1.29 is 9.90 Å². The molecule has 1 amide bonds. The molecule has 0 bridgehead atoms. The van der Waals surface area contributed by atoms with E-state index in [9.17, 15) is 9.90 Å². The number of carbonyl (C=O) groups is 1. The molecule has 2 rings (SSSR count). The predicted octanol–water partition coefficient (Wildman–Crippen LogP) is 1.58. The normalized spacial score (nSPS) is 24.1. The Bertz CT molecular complexity index is 282. The van der Waals surface area contributed by atoms with E-state index in [-0.39, 0.29) is 18.1 Å². The minimum atomic E-state index is -0.316. The van der Waals surface area contributed by atoms with Crippen LogP contribution in [0.15, 0.2) is 0 Å². The van der Waals surface area contributed by atoms with Crippen molar-refractivity contribution in [1.82, 2.24) is 10.6 Å². The molecule has 0 spiro atoms. The number of hydrogen-bond donors (Lipinski definition) is 3. The monoisotopic (exact) mass is 268 g/mol. The van der Waals surface area contributed by atoms with Gasteiger partial charge in [0.1, 0.15) is 0 Å². The molecule has 1 saturated heterocycles. The lowest BCUT2D eigenvalue weighted by Crippen LogP contribution is -2.52. The summed E-state index contributed by atoms with van der Waals surface area (Å²) in [7, 11) is 0. The minimum absolute atomic E-state index is 0.0894. The van der Waals surface area contributed by atoms with Crippen molar-refractivity contribution in [2.24, 2.45) is 5.92 Å². The Hall–Kier alpha value is -0.610. The number of rotatable bonds is 5. The van der Waals surface area contributed by atoms with Crippen LogP contribution in [0, 0.1) is 5.92 Å². The highest BCUT2D eigenvalue weighted by Crippen LogP contribution is 2.28. The fourth-order valence-corrected chi connectivity index (χ4v) is 3.42. The van der Waals surface area contributed by atoms with Crippen LogP contribution in [0.2, 0.25) is 0 Å². The van der Waals surface area contributed by atoms with Gasteiger partial charge in [0, 0.05) is 6.42 Å². The molecule has 1 aliphatic carbocycles. The van der Waals surface area contributed by atoms with Crippen LogP contribution < -0.4 is 10.6 Å². The van der Waals surface area contributed by atoms with Gasteiger partial charge in [0.25, 0.3) is 0 Å². The Kier molecular flexibility index (Phi) is 5.64. The molecule has 2 aliphatic rings. The summed E-state index contributed by atoms with van der Waals surface area (Å²) in [6, 6.07) is 0.